The molecule has 0 unspecified atom stereocenters. The number of benzene rings is 5. The van der Waals surface area contributed by atoms with E-state index in [1.807, 2.05) is 36.4 Å². The average Bonchev–Trinajstić information content (AvgIpc) is 3.19. The van der Waals surface area contributed by atoms with Gasteiger partial charge in [-0.1, -0.05) is 84.9 Å². The van der Waals surface area contributed by atoms with Crippen LogP contribution in [0, 0.1) is 11.3 Å². The molecule has 0 N–H and O–H groups in total. The van der Waals surface area contributed by atoms with Crippen LogP contribution in [0.4, 0.5) is 0 Å². The van der Waals surface area contributed by atoms with Gasteiger partial charge >= 0.3 is 0 Å². The van der Waals surface area contributed by atoms with Crippen LogP contribution in [-0.4, -0.2) is 0 Å². The Labute approximate surface area is 198 Å². The van der Waals surface area contributed by atoms with Crippen LogP contribution in [0.25, 0.3) is 22.3 Å². The van der Waals surface area contributed by atoms with Gasteiger partial charge in [0.05, 0.1) is 17.0 Å². The fourth-order valence-corrected chi connectivity index (χ4v) is 5.78. The second kappa shape index (κ2) is 6.94. The van der Waals surface area contributed by atoms with Crippen LogP contribution in [0.5, 0.6) is 11.5 Å². The third-order valence-corrected chi connectivity index (χ3v) is 7.18. The molecule has 0 saturated heterocycles. The first-order valence-electron chi connectivity index (χ1n) is 11.4. The molecule has 0 aromatic heterocycles. The van der Waals surface area contributed by atoms with E-state index in [9.17, 15) is 5.26 Å². The summed E-state index contributed by atoms with van der Waals surface area (Å²) in [6.07, 6.45) is 0. The molecule has 7 rings (SSSR count). The molecule has 0 radical (unpaired) electrons. The Bertz CT molecular complexity index is 1600. The number of para-hydroxylation sites is 2. The predicted molar refractivity (Wildman–Crippen MR) is 134 cm³/mol. The Balaban J connectivity index is 1.66. The molecule has 1 spiro atoms. The highest BCUT2D eigenvalue weighted by Gasteiger charge is 2.51. The molecule has 0 atom stereocenters. The van der Waals surface area contributed by atoms with Gasteiger partial charge in [-0.3, -0.25) is 0 Å². The molecular formula is C32H19NO. The first-order chi connectivity index (χ1) is 16.8. The van der Waals surface area contributed by atoms with E-state index in [1.54, 1.807) is 0 Å². The number of hydrogen-bond donors (Lipinski definition) is 0. The van der Waals surface area contributed by atoms with E-state index in [0.717, 1.165) is 28.2 Å². The van der Waals surface area contributed by atoms with Crippen molar-refractivity contribution in [1.82, 2.24) is 0 Å². The van der Waals surface area contributed by atoms with Gasteiger partial charge in [0.1, 0.15) is 11.5 Å². The molecule has 0 saturated carbocycles. The molecular weight excluding hydrogens is 414 g/mol. The van der Waals surface area contributed by atoms with Crippen molar-refractivity contribution in [1.29, 1.82) is 5.26 Å². The molecule has 2 nitrogen and oxygen atoms in total. The van der Waals surface area contributed by atoms with Crippen LogP contribution < -0.4 is 4.74 Å². The molecule has 34 heavy (non-hydrogen) atoms. The first-order valence-corrected chi connectivity index (χ1v) is 11.4. The zero-order valence-corrected chi connectivity index (χ0v) is 18.3. The number of rotatable bonds is 1. The summed E-state index contributed by atoms with van der Waals surface area (Å²) in [5.74, 6) is 1.71. The minimum Gasteiger partial charge on any atom is -0.457 e. The molecule has 1 aliphatic heterocycles. The summed E-state index contributed by atoms with van der Waals surface area (Å²) in [7, 11) is 0. The van der Waals surface area contributed by atoms with Crippen molar-refractivity contribution < 1.29 is 4.74 Å². The smallest absolute Gasteiger partial charge is 0.132 e. The molecule has 2 aliphatic rings. The second-order valence-corrected chi connectivity index (χ2v) is 8.84. The topological polar surface area (TPSA) is 33.0 Å². The van der Waals surface area contributed by atoms with E-state index in [0.29, 0.717) is 5.56 Å². The van der Waals surface area contributed by atoms with Gasteiger partial charge in [0.2, 0.25) is 0 Å². The lowest BCUT2D eigenvalue weighted by Gasteiger charge is -2.39. The van der Waals surface area contributed by atoms with Crippen molar-refractivity contribution in [2.75, 3.05) is 0 Å². The SMILES string of the molecule is N#Cc1ccc2c(c1)C1(c3ccccc3Oc3ccccc31)c1cc(-c3ccccc3)ccc1-2. The number of nitriles is 1. The molecule has 5 aromatic carbocycles. The summed E-state index contributed by atoms with van der Waals surface area (Å²) in [6.45, 7) is 0. The number of nitrogens with zero attached hydrogens (tertiary/aromatic N) is 1. The molecule has 1 aliphatic carbocycles. The molecule has 158 valence electrons. The fourth-order valence-electron chi connectivity index (χ4n) is 5.78. The molecule has 0 amide bonds. The van der Waals surface area contributed by atoms with Crippen molar-refractivity contribution in [2.24, 2.45) is 0 Å². The number of ether oxygens (including phenoxy) is 1. The van der Waals surface area contributed by atoms with Crippen LogP contribution in [0.1, 0.15) is 27.8 Å². The van der Waals surface area contributed by atoms with E-state index in [2.05, 4.69) is 84.9 Å². The molecule has 2 heteroatoms. The maximum Gasteiger partial charge on any atom is 0.132 e. The number of fused-ring (bicyclic) bond motifs is 9. The summed E-state index contributed by atoms with van der Waals surface area (Å²) < 4.78 is 6.40. The fraction of sp³-hybridized carbons (Fsp3) is 0.0312. The van der Waals surface area contributed by atoms with Gasteiger partial charge in [-0.2, -0.15) is 5.26 Å². The van der Waals surface area contributed by atoms with Crippen LogP contribution in [0.2, 0.25) is 0 Å². The lowest BCUT2D eigenvalue weighted by molar-refractivity contribution is 0.436. The van der Waals surface area contributed by atoms with Gasteiger partial charge in [0, 0.05) is 11.1 Å². The predicted octanol–water partition coefficient (Wildman–Crippen LogP) is 7.69. The van der Waals surface area contributed by atoms with E-state index < -0.39 is 5.41 Å². The maximum atomic E-state index is 9.78. The van der Waals surface area contributed by atoms with Gasteiger partial charge in [-0.25, -0.2) is 0 Å². The Morgan fingerprint density at radius 3 is 1.79 bits per heavy atom. The zero-order valence-electron chi connectivity index (χ0n) is 18.3. The zero-order chi connectivity index (χ0) is 22.7. The minimum absolute atomic E-state index is 0.562. The lowest BCUT2D eigenvalue weighted by atomic mass is 9.65. The standard InChI is InChI=1S/C32H19NO/c33-20-21-14-16-24-25-17-15-23(22-8-2-1-3-9-22)19-29(25)32(28(24)18-21)26-10-4-6-12-30(26)34-31-13-7-5-11-27(31)32/h1-19H. The largest absolute Gasteiger partial charge is 0.457 e. The quantitative estimate of drug-likeness (QED) is 0.266. The Morgan fingerprint density at radius 1 is 0.529 bits per heavy atom. The molecule has 1 heterocycles. The van der Waals surface area contributed by atoms with Gasteiger partial charge in [0.15, 0.2) is 0 Å². The molecule has 0 fully saturated rings. The van der Waals surface area contributed by atoms with Gasteiger partial charge in [-0.15, -0.1) is 0 Å². The van der Waals surface area contributed by atoms with Crippen molar-refractivity contribution in [3.8, 4) is 39.8 Å². The van der Waals surface area contributed by atoms with Gasteiger partial charge in [0.25, 0.3) is 0 Å². The third-order valence-electron chi connectivity index (χ3n) is 7.18. The number of hydrogen-bond acceptors (Lipinski definition) is 2. The monoisotopic (exact) mass is 433 g/mol. The summed E-state index contributed by atoms with van der Waals surface area (Å²) in [5.41, 5.74) is 9.39. The highest BCUT2D eigenvalue weighted by molar-refractivity contribution is 5.90. The lowest BCUT2D eigenvalue weighted by Crippen LogP contribution is -2.32. The second-order valence-electron chi connectivity index (χ2n) is 8.84. The normalized spacial score (nSPS) is 13.7. The van der Waals surface area contributed by atoms with Gasteiger partial charge in [-0.05, 0) is 63.7 Å². The van der Waals surface area contributed by atoms with Crippen LogP contribution >= 0.6 is 0 Å². The van der Waals surface area contributed by atoms with Crippen molar-refractivity contribution in [2.45, 2.75) is 5.41 Å². The van der Waals surface area contributed by atoms with E-state index in [1.165, 1.54) is 27.8 Å². The summed E-state index contributed by atoms with van der Waals surface area (Å²) in [5, 5.41) is 9.78. The Morgan fingerprint density at radius 2 is 1.12 bits per heavy atom. The average molecular weight is 434 g/mol. The summed E-state index contributed by atoms with van der Waals surface area (Å²) in [4.78, 5) is 0. The van der Waals surface area contributed by atoms with E-state index >= 15 is 0 Å². The minimum atomic E-state index is -0.562. The maximum absolute atomic E-state index is 9.78. The van der Waals surface area contributed by atoms with Crippen molar-refractivity contribution >= 4 is 0 Å². The highest BCUT2D eigenvalue weighted by Crippen LogP contribution is 2.62. The van der Waals surface area contributed by atoms with Crippen LogP contribution in [-0.2, 0) is 5.41 Å². The first kappa shape index (κ1) is 18.9. The molecule has 5 aromatic rings. The summed E-state index contributed by atoms with van der Waals surface area (Å²) in [6, 6.07) is 42.3. The third kappa shape index (κ3) is 2.39. The summed E-state index contributed by atoms with van der Waals surface area (Å²) >= 11 is 0. The van der Waals surface area contributed by atoms with E-state index in [4.69, 9.17) is 4.74 Å². The van der Waals surface area contributed by atoms with Crippen molar-refractivity contribution in [3.63, 3.8) is 0 Å². The van der Waals surface area contributed by atoms with Crippen LogP contribution in [0.15, 0.2) is 115 Å². The Hall–Kier alpha value is -4.61. The van der Waals surface area contributed by atoms with E-state index in [-0.39, 0.29) is 0 Å². The molecule has 0 bridgehead atoms. The highest BCUT2D eigenvalue weighted by atomic mass is 16.5. The van der Waals surface area contributed by atoms with Gasteiger partial charge < -0.3 is 4.74 Å². The van der Waals surface area contributed by atoms with Crippen LogP contribution in [0.3, 0.4) is 0 Å². The van der Waals surface area contributed by atoms with Crippen molar-refractivity contribution in [3.05, 3.63) is 143 Å². The Kier molecular flexibility index (Phi) is 3.86.